The van der Waals surface area contributed by atoms with Gasteiger partial charge in [0.15, 0.2) is 5.75 Å². The van der Waals surface area contributed by atoms with Gasteiger partial charge < -0.3 is 20.7 Å². The van der Waals surface area contributed by atoms with Crippen molar-refractivity contribution in [3.8, 4) is 5.75 Å². The Labute approximate surface area is 175 Å². The number of hydrogen-bond donors (Lipinski definition) is 4. The van der Waals surface area contributed by atoms with Gasteiger partial charge in [0.1, 0.15) is 30.5 Å². The molecule has 1 fully saturated rings. The number of nitrogens with one attached hydrogen (secondary N) is 1. The first-order valence-electron chi connectivity index (χ1n) is 8.93. The quantitative estimate of drug-likeness (QED) is 0.410. The lowest BCUT2D eigenvalue weighted by atomic mass is 9.92. The molecule has 5 atom stereocenters. The molecule has 0 aliphatic carbocycles. The second-order valence-corrected chi connectivity index (χ2v) is 8.76. The Morgan fingerprint density at radius 2 is 2.13 bits per heavy atom. The van der Waals surface area contributed by atoms with Gasteiger partial charge in [-0.1, -0.05) is 18.2 Å². The molecule has 10 nitrogen and oxygen atoms in total. The first-order chi connectivity index (χ1) is 14.3. The molecule has 4 rings (SSSR count). The number of hydrogen-bond acceptors (Lipinski definition) is 10. The SMILES string of the molecule is C[C@@]1(O)[C@H](O)[C@@H](CO[P+](=O)Oc2ccccc2)O[C@H]1c1scc2c(=O)[nH]c(N)nc12. The number of fused-ring (bicyclic) bond motifs is 1. The van der Waals surface area contributed by atoms with Gasteiger partial charge in [0.2, 0.25) is 5.95 Å². The number of benzene rings is 1. The van der Waals surface area contributed by atoms with Crippen molar-refractivity contribution in [2.75, 3.05) is 12.3 Å². The number of para-hydroxylation sites is 1. The first-order valence-corrected chi connectivity index (χ1v) is 10.9. The summed E-state index contributed by atoms with van der Waals surface area (Å²) >= 11 is 1.16. The number of aromatic amines is 1. The molecular formula is C18H19N3O7PS+. The molecular weight excluding hydrogens is 433 g/mol. The van der Waals surface area contributed by atoms with E-state index in [1.165, 1.54) is 6.92 Å². The molecule has 3 aromatic rings. The molecule has 0 radical (unpaired) electrons. The Bertz CT molecular complexity index is 1130. The van der Waals surface area contributed by atoms with Gasteiger partial charge >= 0.3 is 8.25 Å². The molecule has 0 bridgehead atoms. The Kier molecular flexibility index (Phi) is 5.58. The summed E-state index contributed by atoms with van der Waals surface area (Å²) in [6.07, 6.45) is -3.33. The zero-order chi connectivity index (χ0) is 21.5. The smallest absolute Gasteiger partial charge is 0.387 e. The van der Waals surface area contributed by atoms with E-state index in [0.29, 0.717) is 21.5 Å². The van der Waals surface area contributed by atoms with E-state index in [1.54, 1.807) is 35.7 Å². The maximum absolute atomic E-state index is 12.1. The van der Waals surface area contributed by atoms with E-state index < -0.39 is 37.7 Å². The molecule has 2 aromatic heterocycles. The van der Waals surface area contributed by atoms with Crippen molar-refractivity contribution in [2.24, 2.45) is 0 Å². The highest BCUT2D eigenvalue weighted by atomic mass is 32.1. The summed E-state index contributed by atoms with van der Waals surface area (Å²) in [7, 11) is -2.51. The predicted molar refractivity (Wildman–Crippen MR) is 110 cm³/mol. The Morgan fingerprint density at radius 1 is 1.40 bits per heavy atom. The minimum atomic E-state index is -2.51. The number of aliphatic hydroxyl groups excluding tert-OH is 1. The molecule has 0 saturated carbocycles. The number of nitrogens with zero attached hydrogens (tertiary/aromatic N) is 1. The molecule has 1 aliphatic rings. The Hall–Kier alpha value is -2.40. The predicted octanol–water partition coefficient (Wildman–Crippen LogP) is 1.87. The van der Waals surface area contributed by atoms with Gasteiger partial charge in [-0.05, 0) is 19.1 Å². The normalized spacial score (nSPS) is 26.8. The number of H-pyrrole nitrogens is 1. The van der Waals surface area contributed by atoms with E-state index in [-0.39, 0.29) is 12.6 Å². The number of rotatable bonds is 6. The highest BCUT2D eigenvalue weighted by Crippen LogP contribution is 2.46. The largest absolute Gasteiger partial charge is 0.750 e. The minimum Gasteiger partial charge on any atom is -0.387 e. The monoisotopic (exact) mass is 452 g/mol. The van der Waals surface area contributed by atoms with Crippen LogP contribution in [-0.4, -0.2) is 44.6 Å². The van der Waals surface area contributed by atoms with Crippen molar-refractivity contribution in [2.45, 2.75) is 30.8 Å². The second kappa shape index (κ2) is 8.03. The topological polar surface area (TPSA) is 157 Å². The second-order valence-electron chi connectivity index (χ2n) is 6.96. The van der Waals surface area contributed by atoms with Crippen LogP contribution in [0.2, 0.25) is 0 Å². The first kappa shape index (κ1) is 20.9. The highest BCUT2D eigenvalue weighted by Gasteiger charge is 2.54. The van der Waals surface area contributed by atoms with Gasteiger partial charge in [0, 0.05) is 9.95 Å². The Morgan fingerprint density at radius 3 is 2.87 bits per heavy atom. The molecule has 1 aliphatic heterocycles. The van der Waals surface area contributed by atoms with E-state index in [4.69, 9.17) is 19.5 Å². The van der Waals surface area contributed by atoms with Crippen molar-refractivity contribution < 1.29 is 28.6 Å². The van der Waals surface area contributed by atoms with E-state index in [0.717, 1.165) is 11.3 Å². The standard InChI is InChI=1S/C18H18N3O7PS/c1-18(24)14(22)11(7-26-29(25)28-9-5-3-2-4-6-9)27-15(18)13-12-10(8-30-13)16(23)21-17(19)20-12/h2-6,8,11,14-15,22,24H,7H2,1H3,(H2-,19,20,21,23)/p+1/t11-,14-,15+,18-/m1/s1. The zero-order valence-electron chi connectivity index (χ0n) is 15.7. The molecule has 0 amide bonds. The summed E-state index contributed by atoms with van der Waals surface area (Å²) in [6.45, 7) is 1.13. The number of anilines is 1. The van der Waals surface area contributed by atoms with Gasteiger partial charge in [-0.15, -0.1) is 15.9 Å². The van der Waals surface area contributed by atoms with Gasteiger partial charge in [0.25, 0.3) is 5.56 Å². The van der Waals surface area contributed by atoms with Crippen LogP contribution in [-0.2, 0) is 13.8 Å². The molecule has 1 saturated heterocycles. The average molecular weight is 452 g/mol. The number of nitrogen functional groups attached to an aromatic ring is 1. The zero-order valence-corrected chi connectivity index (χ0v) is 17.4. The number of aromatic nitrogens is 2. The van der Waals surface area contributed by atoms with Crippen LogP contribution in [0.1, 0.15) is 17.9 Å². The van der Waals surface area contributed by atoms with Gasteiger partial charge in [-0.2, -0.15) is 0 Å². The lowest BCUT2D eigenvalue weighted by Crippen LogP contribution is -2.43. The van der Waals surface area contributed by atoms with E-state index >= 15 is 0 Å². The summed E-state index contributed by atoms with van der Waals surface area (Å²) in [5, 5.41) is 23.3. The van der Waals surface area contributed by atoms with Crippen LogP contribution >= 0.6 is 19.6 Å². The van der Waals surface area contributed by atoms with Crippen molar-refractivity contribution >= 4 is 36.4 Å². The summed E-state index contributed by atoms with van der Waals surface area (Å²) in [5.41, 5.74) is 3.81. The minimum absolute atomic E-state index is 0.0692. The van der Waals surface area contributed by atoms with Gasteiger partial charge in [0.05, 0.1) is 15.8 Å². The number of aliphatic hydroxyl groups is 2. The summed E-state index contributed by atoms with van der Waals surface area (Å²) < 4.78 is 28.2. The Balaban J connectivity index is 1.51. The molecule has 0 spiro atoms. The van der Waals surface area contributed by atoms with Crippen molar-refractivity contribution in [3.05, 3.63) is 50.9 Å². The van der Waals surface area contributed by atoms with Crippen LogP contribution in [0.5, 0.6) is 5.75 Å². The third-order valence-electron chi connectivity index (χ3n) is 4.81. The third-order valence-corrected chi connectivity index (χ3v) is 6.54. The van der Waals surface area contributed by atoms with Crippen LogP contribution in [0, 0.1) is 0 Å². The van der Waals surface area contributed by atoms with Crippen molar-refractivity contribution in [1.29, 1.82) is 0 Å². The third kappa shape index (κ3) is 3.83. The van der Waals surface area contributed by atoms with Crippen molar-refractivity contribution in [3.63, 3.8) is 0 Å². The molecule has 30 heavy (non-hydrogen) atoms. The molecule has 1 unspecified atom stereocenters. The van der Waals surface area contributed by atoms with Crippen molar-refractivity contribution in [1.82, 2.24) is 9.97 Å². The fraction of sp³-hybridized carbons (Fsp3) is 0.333. The number of ether oxygens (including phenoxy) is 1. The molecule has 1 aromatic carbocycles. The lowest BCUT2D eigenvalue weighted by Gasteiger charge is -2.25. The van der Waals surface area contributed by atoms with Gasteiger partial charge in [-0.3, -0.25) is 9.78 Å². The highest BCUT2D eigenvalue weighted by molar-refractivity contribution is 7.33. The van der Waals surface area contributed by atoms with Crippen LogP contribution in [0.25, 0.3) is 10.9 Å². The van der Waals surface area contributed by atoms with Gasteiger partial charge in [-0.25, -0.2) is 9.51 Å². The maximum atomic E-state index is 12.1. The van der Waals surface area contributed by atoms with E-state index in [2.05, 4.69) is 9.97 Å². The molecule has 3 heterocycles. The fourth-order valence-electron chi connectivity index (χ4n) is 3.27. The van der Waals surface area contributed by atoms with Crippen LogP contribution in [0.15, 0.2) is 40.5 Å². The lowest BCUT2D eigenvalue weighted by molar-refractivity contribution is -0.0630. The number of thiophene rings is 1. The van der Waals surface area contributed by atoms with E-state index in [9.17, 15) is 19.6 Å². The summed E-state index contributed by atoms with van der Waals surface area (Å²) in [4.78, 5) is 19.0. The summed E-state index contributed by atoms with van der Waals surface area (Å²) in [5.74, 6) is 0.301. The van der Waals surface area contributed by atoms with Crippen LogP contribution < -0.4 is 15.8 Å². The van der Waals surface area contributed by atoms with E-state index in [1.807, 2.05) is 0 Å². The molecule has 5 N–H and O–H groups in total. The maximum Gasteiger partial charge on any atom is 0.750 e. The average Bonchev–Trinajstić information content (AvgIpc) is 3.20. The molecule has 158 valence electrons. The molecule has 12 heteroatoms. The number of nitrogens with two attached hydrogens (primary N) is 1. The summed E-state index contributed by atoms with van der Waals surface area (Å²) in [6, 6.07) is 8.49. The fourth-order valence-corrected chi connectivity index (χ4v) is 5.03. The van der Waals surface area contributed by atoms with Crippen LogP contribution in [0.4, 0.5) is 5.95 Å². The van der Waals surface area contributed by atoms with Crippen LogP contribution in [0.3, 0.4) is 0 Å².